The van der Waals surface area contributed by atoms with Crippen LogP contribution in [0.15, 0.2) is 42.7 Å². The number of hydrogen-bond donors (Lipinski definition) is 1. The Morgan fingerprint density at radius 2 is 2.05 bits per heavy atom. The summed E-state index contributed by atoms with van der Waals surface area (Å²) in [5.74, 6) is 0.909. The average Bonchev–Trinajstić information content (AvgIpc) is 2.47. The number of pyridine rings is 1. The van der Waals surface area contributed by atoms with E-state index in [2.05, 4.69) is 27.3 Å². The normalized spacial score (nSPS) is 10.1. The van der Waals surface area contributed by atoms with Gasteiger partial charge in [0.2, 0.25) is 0 Å². The molecule has 0 aliphatic carbocycles. The Morgan fingerprint density at radius 1 is 1.26 bits per heavy atom. The average molecular weight is 257 g/mol. The van der Waals surface area contributed by atoms with Crippen LogP contribution in [-0.4, -0.2) is 26.2 Å². The molecule has 0 aliphatic rings. The predicted molar refractivity (Wildman–Crippen MR) is 78.9 cm³/mol. The summed E-state index contributed by atoms with van der Waals surface area (Å²) in [6, 6.07) is 10.1. The zero-order valence-corrected chi connectivity index (χ0v) is 11.6. The third-order valence-electron chi connectivity index (χ3n) is 3.05. The number of nitrogens with zero attached hydrogens (tertiary/aromatic N) is 2. The van der Waals surface area contributed by atoms with E-state index in [4.69, 9.17) is 4.74 Å². The number of methoxy groups -OCH3 is 1. The predicted octanol–water partition coefficient (Wildman–Crippen LogP) is 2.77. The molecule has 2 aromatic rings. The quantitative estimate of drug-likeness (QED) is 0.893. The summed E-state index contributed by atoms with van der Waals surface area (Å²) in [6.45, 7) is 0.777. The highest BCUT2D eigenvalue weighted by molar-refractivity contribution is 5.55. The standard InChI is InChI=1S/C15H19N3O/c1-16-13-8-14(10-17-9-13)18(2)11-12-6-4-5-7-15(12)19-3/h4-10,16H,11H2,1-3H3. The van der Waals surface area contributed by atoms with Crippen molar-refractivity contribution in [3.63, 3.8) is 0 Å². The number of aromatic nitrogens is 1. The minimum atomic E-state index is 0.777. The molecule has 0 unspecified atom stereocenters. The third-order valence-corrected chi connectivity index (χ3v) is 3.05. The lowest BCUT2D eigenvalue weighted by Crippen LogP contribution is -2.17. The van der Waals surface area contributed by atoms with Gasteiger partial charge in [-0.15, -0.1) is 0 Å². The maximum Gasteiger partial charge on any atom is 0.123 e. The largest absolute Gasteiger partial charge is 0.496 e. The van der Waals surface area contributed by atoms with Gasteiger partial charge in [-0.1, -0.05) is 18.2 Å². The second kappa shape index (κ2) is 6.09. The Hall–Kier alpha value is -2.23. The fraction of sp³-hybridized carbons (Fsp3) is 0.267. The van der Waals surface area contributed by atoms with Crippen LogP contribution >= 0.6 is 0 Å². The zero-order chi connectivity index (χ0) is 13.7. The SMILES string of the molecule is CNc1cncc(N(C)Cc2ccccc2OC)c1. The van der Waals surface area contributed by atoms with E-state index in [0.29, 0.717) is 0 Å². The first-order valence-electron chi connectivity index (χ1n) is 6.20. The summed E-state index contributed by atoms with van der Waals surface area (Å²) in [6.07, 6.45) is 3.66. The van der Waals surface area contributed by atoms with Gasteiger partial charge in [0.1, 0.15) is 5.75 Å². The van der Waals surface area contributed by atoms with Crippen molar-refractivity contribution in [1.82, 2.24) is 4.98 Å². The summed E-state index contributed by atoms with van der Waals surface area (Å²) >= 11 is 0. The number of benzene rings is 1. The molecule has 1 aromatic carbocycles. The highest BCUT2D eigenvalue weighted by atomic mass is 16.5. The number of hydrogen-bond acceptors (Lipinski definition) is 4. The van der Waals surface area contributed by atoms with Gasteiger partial charge in [-0.2, -0.15) is 0 Å². The van der Waals surface area contributed by atoms with Crippen LogP contribution in [0.5, 0.6) is 5.75 Å². The Balaban J connectivity index is 2.18. The highest BCUT2D eigenvalue weighted by Crippen LogP contribution is 2.23. The third kappa shape index (κ3) is 3.16. The molecule has 0 bridgehead atoms. The molecule has 0 aliphatic heterocycles. The molecule has 0 amide bonds. The van der Waals surface area contributed by atoms with E-state index < -0.39 is 0 Å². The Kier molecular flexibility index (Phi) is 4.23. The van der Waals surface area contributed by atoms with E-state index >= 15 is 0 Å². The molecular weight excluding hydrogens is 238 g/mol. The first-order chi connectivity index (χ1) is 9.24. The molecule has 4 nitrogen and oxygen atoms in total. The molecule has 19 heavy (non-hydrogen) atoms. The van der Waals surface area contributed by atoms with Gasteiger partial charge in [-0.05, 0) is 12.1 Å². The lowest BCUT2D eigenvalue weighted by molar-refractivity contribution is 0.409. The second-order valence-corrected chi connectivity index (χ2v) is 4.35. The fourth-order valence-corrected chi connectivity index (χ4v) is 1.95. The van der Waals surface area contributed by atoms with Gasteiger partial charge in [0, 0.05) is 26.2 Å². The van der Waals surface area contributed by atoms with E-state index in [-0.39, 0.29) is 0 Å². The minimum absolute atomic E-state index is 0.777. The molecule has 0 radical (unpaired) electrons. The van der Waals surface area contributed by atoms with Crippen LogP contribution in [0, 0.1) is 0 Å². The van der Waals surface area contributed by atoms with Crippen LogP contribution < -0.4 is 15.0 Å². The first kappa shape index (κ1) is 13.2. The molecule has 1 heterocycles. The van der Waals surface area contributed by atoms with E-state index in [9.17, 15) is 0 Å². The van der Waals surface area contributed by atoms with Crippen molar-refractivity contribution < 1.29 is 4.74 Å². The maximum atomic E-state index is 5.37. The van der Waals surface area contributed by atoms with Crippen molar-refractivity contribution in [2.75, 3.05) is 31.4 Å². The Bertz CT molecular complexity index is 542. The first-order valence-corrected chi connectivity index (χ1v) is 6.20. The zero-order valence-electron chi connectivity index (χ0n) is 11.6. The molecule has 1 aromatic heterocycles. The van der Waals surface area contributed by atoms with Crippen LogP contribution in [0.2, 0.25) is 0 Å². The summed E-state index contributed by atoms with van der Waals surface area (Å²) < 4.78 is 5.37. The second-order valence-electron chi connectivity index (χ2n) is 4.35. The van der Waals surface area contributed by atoms with E-state index in [1.807, 2.05) is 38.5 Å². The van der Waals surface area contributed by atoms with Gasteiger partial charge in [0.05, 0.1) is 30.9 Å². The van der Waals surface area contributed by atoms with Gasteiger partial charge in [0.25, 0.3) is 0 Å². The smallest absolute Gasteiger partial charge is 0.123 e. The molecule has 0 saturated carbocycles. The minimum Gasteiger partial charge on any atom is -0.496 e. The molecule has 0 saturated heterocycles. The van der Waals surface area contributed by atoms with Crippen LogP contribution in [0.3, 0.4) is 0 Å². The number of para-hydroxylation sites is 1. The Labute approximate surface area is 114 Å². The van der Waals surface area contributed by atoms with Crippen LogP contribution in [0.25, 0.3) is 0 Å². The molecule has 0 atom stereocenters. The molecule has 100 valence electrons. The van der Waals surface area contributed by atoms with E-state index in [1.165, 1.54) is 0 Å². The molecule has 0 fully saturated rings. The maximum absolute atomic E-state index is 5.37. The van der Waals surface area contributed by atoms with Crippen molar-refractivity contribution in [3.8, 4) is 5.75 Å². The number of nitrogens with one attached hydrogen (secondary N) is 1. The van der Waals surface area contributed by atoms with Gasteiger partial charge >= 0.3 is 0 Å². The fourth-order valence-electron chi connectivity index (χ4n) is 1.95. The summed E-state index contributed by atoms with van der Waals surface area (Å²) in [5.41, 5.74) is 3.23. The van der Waals surface area contributed by atoms with Gasteiger partial charge < -0.3 is 15.0 Å². The molecule has 2 rings (SSSR count). The molecule has 4 heteroatoms. The number of rotatable bonds is 5. The summed E-state index contributed by atoms with van der Waals surface area (Å²) in [4.78, 5) is 6.37. The molecule has 0 spiro atoms. The van der Waals surface area contributed by atoms with Crippen LogP contribution in [-0.2, 0) is 6.54 Å². The lowest BCUT2D eigenvalue weighted by Gasteiger charge is -2.20. The monoisotopic (exact) mass is 257 g/mol. The number of anilines is 2. The van der Waals surface area contributed by atoms with Gasteiger partial charge in [-0.3, -0.25) is 4.98 Å². The van der Waals surface area contributed by atoms with Crippen molar-refractivity contribution >= 4 is 11.4 Å². The lowest BCUT2D eigenvalue weighted by atomic mass is 10.2. The van der Waals surface area contributed by atoms with E-state index in [0.717, 1.165) is 29.2 Å². The van der Waals surface area contributed by atoms with Crippen molar-refractivity contribution in [2.45, 2.75) is 6.54 Å². The van der Waals surface area contributed by atoms with Crippen molar-refractivity contribution in [1.29, 1.82) is 0 Å². The number of ether oxygens (including phenoxy) is 1. The topological polar surface area (TPSA) is 37.4 Å². The van der Waals surface area contributed by atoms with Crippen molar-refractivity contribution in [3.05, 3.63) is 48.3 Å². The van der Waals surface area contributed by atoms with Gasteiger partial charge in [-0.25, -0.2) is 0 Å². The highest BCUT2D eigenvalue weighted by Gasteiger charge is 2.07. The molecule has 1 N–H and O–H groups in total. The van der Waals surface area contributed by atoms with E-state index in [1.54, 1.807) is 13.3 Å². The summed E-state index contributed by atoms with van der Waals surface area (Å²) in [5, 5.41) is 3.09. The van der Waals surface area contributed by atoms with Crippen molar-refractivity contribution in [2.24, 2.45) is 0 Å². The van der Waals surface area contributed by atoms with Gasteiger partial charge in [0.15, 0.2) is 0 Å². The van der Waals surface area contributed by atoms with Crippen LogP contribution in [0.1, 0.15) is 5.56 Å². The summed E-state index contributed by atoms with van der Waals surface area (Å²) in [7, 11) is 5.63. The molecular formula is C15H19N3O. The van der Waals surface area contributed by atoms with Crippen LogP contribution in [0.4, 0.5) is 11.4 Å². The Morgan fingerprint density at radius 3 is 2.79 bits per heavy atom.